The number of carbonyl (C=O) groups excluding carboxylic acids is 1. The van der Waals surface area contributed by atoms with Crippen molar-refractivity contribution in [3.05, 3.63) is 66.5 Å². The van der Waals surface area contributed by atoms with Gasteiger partial charge in [-0.25, -0.2) is 0 Å². The highest BCUT2D eigenvalue weighted by atomic mass is 16.6. The minimum atomic E-state index is -0.268. The fourth-order valence-electron chi connectivity index (χ4n) is 2.97. The van der Waals surface area contributed by atoms with Crippen molar-refractivity contribution in [2.45, 2.75) is 6.92 Å². The van der Waals surface area contributed by atoms with E-state index in [9.17, 15) is 4.79 Å². The monoisotopic (exact) mass is 391 g/mol. The molecule has 3 aromatic rings. The van der Waals surface area contributed by atoms with Gasteiger partial charge in [-0.3, -0.25) is 9.78 Å². The average Bonchev–Trinajstić information content (AvgIpc) is 2.75. The molecule has 29 heavy (non-hydrogen) atoms. The molecule has 2 heterocycles. The van der Waals surface area contributed by atoms with Gasteiger partial charge in [0.15, 0.2) is 11.5 Å². The second kappa shape index (κ2) is 8.52. The van der Waals surface area contributed by atoms with Crippen LogP contribution in [0.1, 0.15) is 17.3 Å². The lowest BCUT2D eigenvalue weighted by molar-refractivity contribution is 0.102. The van der Waals surface area contributed by atoms with E-state index in [1.54, 1.807) is 18.3 Å². The smallest absolute Gasteiger partial charge is 0.257 e. The minimum Gasteiger partial charge on any atom is -0.492 e. The third-order valence-electron chi connectivity index (χ3n) is 4.27. The number of hydrogen-bond acceptors (Lipinski definition) is 6. The molecule has 1 aliphatic heterocycles. The SMILES string of the molecule is CCOc1ccccc1NC(=O)c1cncc(Nc2ccc3c(c2)OCCO3)c1. The zero-order valence-electron chi connectivity index (χ0n) is 16.0. The van der Waals surface area contributed by atoms with Crippen molar-refractivity contribution in [2.75, 3.05) is 30.5 Å². The number of nitrogens with zero attached hydrogens (tertiary/aromatic N) is 1. The molecule has 0 radical (unpaired) electrons. The average molecular weight is 391 g/mol. The summed E-state index contributed by atoms with van der Waals surface area (Å²) in [6.07, 6.45) is 3.18. The van der Waals surface area contributed by atoms with Gasteiger partial charge in [0.1, 0.15) is 19.0 Å². The summed E-state index contributed by atoms with van der Waals surface area (Å²) in [5, 5.41) is 6.12. The minimum absolute atomic E-state index is 0.268. The second-order valence-electron chi connectivity index (χ2n) is 6.33. The molecule has 7 nitrogen and oxygen atoms in total. The van der Waals surface area contributed by atoms with Gasteiger partial charge in [0.25, 0.3) is 5.91 Å². The van der Waals surface area contributed by atoms with Gasteiger partial charge >= 0.3 is 0 Å². The number of hydrogen-bond donors (Lipinski definition) is 2. The Labute approximate surface area is 168 Å². The molecule has 0 aliphatic carbocycles. The maximum absolute atomic E-state index is 12.7. The summed E-state index contributed by atoms with van der Waals surface area (Å²) < 4.78 is 16.7. The highest BCUT2D eigenvalue weighted by Crippen LogP contribution is 2.33. The van der Waals surface area contributed by atoms with Crippen LogP contribution in [0, 0.1) is 0 Å². The molecule has 1 aromatic heterocycles. The summed E-state index contributed by atoms with van der Waals surface area (Å²) in [4.78, 5) is 16.9. The third kappa shape index (κ3) is 4.40. The topological polar surface area (TPSA) is 81.7 Å². The number of benzene rings is 2. The molecule has 0 unspecified atom stereocenters. The first-order valence-corrected chi connectivity index (χ1v) is 9.38. The molecule has 4 rings (SSSR count). The van der Waals surface area contributed by atoms with Crippen molar-refractivity contribution >= 4 is 23.0 Å². The van der Waals surface area contributed by atoms with E-state index in [2.05, 4.69) is 15.6 Å². The van der Waals surface area contributed by atoms with Crippen LogP contribution in [0.15, 0.2) is 60.9 Å². The Morgan fingerprint density at radius 2 is 1.86 bits per heavy atom. The predicted octanol–water partition coefficient (Wildman–Crippen LogP) is 4.25. The van der Waals surface area contributed by atoms with Crippen molar-refractivity contribution in [3.63, 3.8) is 0 Å². The van der Waals surface area contributed by atoms with Crippen molar-refractivity contribution in [1.29, 1.82) is 0 Å². The summed E-state index contributed by atoms with van der Waals surface area (Å²) in [7, 11) is 0. The van der Waals surface area contributed by atoms with Crippen molar-refractivity contribution in [3.8, 4) is 17.2 Å². The van der Waals surface area contributed by atoms with Crippen molar-refractivity contribution in [2.24, 2.45) is 0 Å². The maximum Gasteiger partial charge on any atom is 0.257 e. The van der Waals surface area contributed by atoms with Crippen molar-refractivity contribution in [1.82, 2.24) is 4.98 Å². The normalized spacial score (nSPS) is 12.2. The van der Waals surface area contributed by atoms with Gasteiger partial charge in [0.2, 0.25) is 0 Å². The lowest BCUT2D eigenvalue weighted by Crippen LogP contribution is -2.15. The highest BCUT2D eigenvalue weighted by Gasteiger charge is 2.13. The van der Waals surface area contributed by atoms with E-state index in [0.29, 0.717) is 48.3 Å². The fourth-order valence-corrected chi connectivity index (χ4v) is 2.97. The van der Waals surface area contributed by atoms with Gasteiger partial charge in [-0.15, -0.1) is 0 Å². The first-order chi connectivity index (χ1) is 14.2. The van der Waals surface area contributed by atoms with Gasteiger partial charge in [-0.2, -0.15) is 0 Å². The molecule has 2 N–H and O–H groups in total. The Bertz CT molecular complexity index is 1020. The summed E-state index contributed by atoms with van der Waals surface area (Å²) in [5.74, 6) is 1.77. The van der Waals surface area contributed by atoms with Crippen LogP contribution in [0.5, 0.6) is 17.2 Å². The lowest BCUT2D eigenvalue weighted by Gasteiger charge is -2.19. The van der Waals surface area contributed by atoms with E-state index in [1.807, 2.05) is 43.3 Å². The molecule has 0 atom stereocenters. The van der Waals surface area contributed by atoms with Crippen molar-refractivity contribution < 1.29 is 19.0 Å². The number of pyridine rings is 1. The van der Waals surface area contributed by atoms with Crippen LogP contribution in [-0.4, -0.2) is 30.7 Å². The van der Waals surface area contributed by atoms with Gasteiger partial charge in [-0.05, 0) is 37.3 Å². The number of carbonyl (C=O) groups is 1. The standard InChI is InChI=1S/C22H21N3O4/c1-2-27-19-6-4-3-5-18(19)25-22(26)15-11-17(14-23-13-15)24-16-7-8-20-21(12-16)29-10-9-28-20/h3-8,11-14,24H,2,9-10H2,1H3,(H,25,26). The van der Waals surface area contributed by atoms with Crippen LogP contribution in [0.2, 0.25) is 0 Å². The number of anilines is 3. The molecule has 0 fully saturated rings. The largest absolute Gasteiger partial charge is 0.492 e. The molecule has 0 spiro atoms. The summed E-state index contributed by atoms with van der Waals surface area (Å²) in [6.45, 7) is 3.49. The zero-order chi connectivity index (χ0) is 20.1. The Balaban J connectivity index is 1.49. The fraction of sp³-hybridized carbons (Fsp3) is 0.182. The van der Waals surface area contributed by atoms with Gasteiger partial charge < -0.3 is 24.8 Å². The molecule has 148 valence electrons. The Kier molecular flexibility index (Phi) is 5.47. The molecule has 2 aromatic carbocycles. The molecule has 1 amide bonds. The number of ether oxygens (including phenoxy) is 3. The number of para-hydroxylation sites is 2. The van der Waals surface area contributed by atoms with E-state index < -0.39 is 0 Å². The predicted molar refractivity (Wildman–Crippen MR) is 111 cm³/mol. The second-order valence-corrected chi connectivity index (χ2v) is 6.33. The van der Waals surface area contributed by atoms with E-state index in [4.69, 9.17) is 14.2 Å². The van der Waals surface area contributed by atoms with E-state index in [0.717, 1.165) is 11.4 Å². The van der Waals surface area contributed by atoms with Crippen LogP contribution in [-0.2, 0) is 0 Å². The number of amides is 1. The molecule has 7 heteroatoms. The van der Waals surface area contributed by atoms with E-state index >= 15 is 0 Å². The van der Waals surface area contributed by atoms with Crippen LogP contribution in [0.4, 0.5) is 17.1 Å². The lowest BCUT2D eigenvalue weighted by atomic mass is 10.2. The van der Waals surface area contributed by atoms with Gasteiger partial charge in [0.05, 0.1) is 29.7 Å². The van der Waals surface area contributed by atoms with Crippen LogP contribution >= 0.6 is 0 Å². The third-order valence-corrected chi connectivity index (χ3v) is 4.27. The van der Waals surface area contributed by atoms with Gasteiger partial charge in [-0.1, -0.05) is 12.1 Å². The Hall–Kier alpha value is -3.74. The number of nitrogens with one attached hydrogen (secondary N) is 2. The molecular weight excluding hydrogens is 370 g/mol. The first kappa shape index (κ1) is 18.6. The number of fused-ring (bicyclic) bond motifs is 1. The summed E-state index contributed by atoms with van der Waals surface area (Å²) in [5.41, 5.74) is 2.55. The first-order valence-electron chi connectivity index (χ1n) is 9.38. The van der Waals surface area contributed by atoms with Crippen LogP contribution in [0.3, 0.4) is 0 Å². The quantitative estimate of drug-likeness (QED) is 0.654. The Morgan fingerprint density at radius 3 is 2.72 bits per heavy atom. The number of aromatic nitrogens is 1. The van der Waals surface area contributed by atoms with E-state index in [-0.39, 0.29) is 5.91 Å². The molecule has 0 bridgehead atoms. The molecule has 1 aliphatic rings. The molecule has 0 saturated carbocycles. The number of rotatable bonds is 6. The zero-order valence-corrected chi connectivity index (χ0v) is 16.0. The van der Waals surface area contributed by atoms with E-state index in [1.165, 1.54) is 6.20 Å². The van der Waals surface area contributed by atoms with Crippen LogP contribution < -0.4 is 24.8 Å². The van der Waals surface area contributed by atoms with Gasteiger partial charge in [0, 0.05) is 18.0 Å². The highest BCUT2D eigenvalue weighted by molar-refractivity contribution is 6.05. The summed E-state index contributed by atoms with van der Waals surface area (Å²) >= 11 is 0. The molecular formula is C22H21N3O4. The van der Waals surface area contributed by atoms with Crippen LogP contribution in [0.25, 0.3) is 0 Å². The maximum atomic E-state index is 12.7. The molecule has 0 saturated heterocycles. The summed E-state index contributed by atoms with van der Waals surface area (Å²) in [6, 6.07) is 14.7. The Morgan fingerprint density at radius 1 is 1.03 bits per heavy atom.